The zero-order valence-corrected chi connectivity index (χ0v) is 18.3. The van der Waals surface area contributed by atoms with Crippen LogP contribution in [0.5, 0.6) is 0 Å². The molecule has 3 atom stereocenters. The molecule has 0 unspecified atom stereocenters. The van der Waals surface area contributed by atoms with Crippen LogP contribution in [-0.4, -0.2) is 66.2 Å². The number of hydrogen-bond donors (Lipinski definition) is 1. The first kappa shape index (κ1) is 21.4. The molecular formula is C23H30N2O4S. The summed E-state index contributed by atoms with van der Waals surface area (Å²) in [4.78, 5) is 14.2. The Kier molecular flexibility index (Phi) is 6.19. The zero-order valence-electron chi connectivity index (χ0n) is 17.5. The van der Waals surface area contributed by atoms with Gasteiger partial charge in [0.1, 0.15) is 0 Å². The van der Waals surface area contributed by atoms with Crippen molar-refractivity contribution >= 4 is 15.9 Å². The molecule has 2 saturated heterocycles. The largest absolute Gasteiger partial charge is 0.394 e. The summed E-state index contributed by atoms with van der Waals surface area (Å²) in [5.74, 6) is 6.86. The number of aliphatic hydroxyl groups excluding tert-OH is 1. The van der Waals surface area contributed by atoms with Gasteiger partial charge in [0.05, 0.1) is 31.0 Å². The highest BCUT2D eigenvalue weighted by Crippen LogP contribution is 2.43. The van der Waals surface area contributed by atoms with Crippen LogP contribution < -0.4 is 0 Å². The Morgan fingerprint density at radius 1 is 1.13 bits per heavy atom. The van der Waals surface area contributed by atoms with E-state index < -0.39 is 10.0 Å². The van der Waals surface area contributed by atoms with Crippen molar-refractivity contribution in [2.75, 3.05) is 25.4 Å². The molecule has 1 aromatic rings. The highest BCUT2D eigenvalue weighted by Gasteiger charge is 2.55. The lowest BCUT2D eigenvalue weighted by Gasteiger charge is -2.58. The number of rotatable bonds is 4. The van der Waals surface area contributed by atoms with Gasteiger partial charge in [0.25, 0.3) is 0 Å². The van der Waals surface area contributed by atoms with E-state index in [9.17, 15) is 18.3 Å². The van der Waals surface area contributed by atoms with Gasteiger partial charge in [-0.2, -0.15) is 4.31 Å². The molecule has 1 amide bonds. The summed E-state index contributed by atoms with van der Waals surface area (Å²) < 4.78 is 25.9. The quantitative estimate of drug-likeness (QED) is 0.741. The van der Waals surface area contributed by atoms with Gasteiger partial charge in [-0.3, -0.25) is 4.79 Å². The Labute approximate surface area is 179 Å². The monoisotopic (exact) mass is 430 g/mol. The first-order chi connectivity index (χ1) is 14.4. The summed E-state index contributed by atoms with van der Waals surface area (Å²) in [6.45, 7) is 1.61. The second-order valence-electron chi connectivity index (χ2n) is 8.56. The molecular weight excluding hydrogens is 400 g/mol. The van der Waals surface area contributed by atoms with Crippen LogP contribution in [-0.2, 0) is 14.8 Å². The third-order valence-corrected chi connectivity index (χ3v) is 8.60. The molecule has 2 aliphatic heterocycles. The maximum atomic E-state index is 12.6. The third-order valence-electron chi connectivity index (χ3n) is 6.80. The van der Waals surface area contributed by atoms with Crippen molar-refractivity contribution in [1.29, 1.82) is 0 Å². The standard InChI is InChI=1S/C23H30N2O4S/c1-2-30(28,29)24-14-20-23(21(16-26)25(20)22(27)15-24)19-12-10-18(11-13-19)9-8-17-6-4-3-5-7-17/h10-13,17,20-21,23,26H,2-7,14-16H2,1H3/t20-,21+,23-/m0/s1. The first-order valence-corrected chi connectivity index (χ1v) is 12.6. The van der Waals surface area contributed by atoms with E-state index in [0.717, 1.165) is 11.1 Å². The van der Waals surface area contributed by atoms with Crippen LogP contribution in [0.2, 0.25) is 0 Å². The van der Waals surface area contributed by atoms with Crippen LogP contribution >= 0.6 is 0 Å². The summed E-state index contributed by atoms with van der Waals surface area (Å²) in [5.41, 5.74) is 1.98. The Bertz CT molecular complexity index is 942. The van der Waals surface area contributed by atoms with Gasteiger partial charge in [-0.15, -0.1) is 0 Å². The SMILES string of the molecule is CCS(=O)(=O)N1CC(=O)N2[C@H](CO)[C@@H](c3ccc(C#CC4CCCCC4)cc3)[C@@H]2C1. The molecule has 0 radical (unpaired) electrons. The molecule has 4 rings (SSSR count). The van der Waals surface area contributed by atoms with Crippen LogP contribution in [0.1, 0.15) is 56.1 Å². The molecule has 0 aromatic heterocycles. The second kappa shape index (κ2) is 8.70. The van der Waals surface area contributed by atoms with Crippen LogP contribution in [0, 0.1) is 17.8 Å². The Morgan fingerprint density at radius 2 is 1.83 bits per heavy atom. The molecule has 30 heavy (non-hydrogen) atoms. The summed E-state index contributed by atoms with van der Waals surface area (Å²) in [6.07, 6.45) is 6.23. The number of carbonyl (C=O) groups is 1. The van der Waals surface area contributed by atoms with E-state index in [-0.39, 0.29) is 49.4 Å². The molecule has 3 aliphatic rings. The maximum absolute atomic E-state index is 12.6. The summed E-state index contributed by atoms with van der Waals surface area (Å²) in [6, 6.07) is 7.47. The van der Waals surface area contributed by atoms with Crippen LogP contribution in [0.3, 0.4) is 0 Å². The summed E-state index contributed by atoms with van der Waals surface area (Å²) >= 11 is 0. The van der Waals surface area contributed by atoms with E-state index in [1.165, 1.54) is 36.4 Å². The van der Waals surface area contributed by atoms with Crippen molar-refractivity contribution in [3.8, 4) is 11.8 Å². The fraction of sp³-hybridized carbons (Fsp3) is 0.609. The molecule has 1 N–H and O–H groups in total. The molecule has 1 saturated carbocycles. The van der Waals surface area contributed by atoms with E-state index in [1.54, 1.807) is 11.8 Å². The van der Waals surface area contributed by atoms with E-state index in [0.29, 0.717) is 5.92 Å². The third kappa shape index (κ3) is 4.01. The summed E-state index contributed by atoms with van der Waals surface area (Å²) in [5, 5.41) is 9.88. The number of amides is 1. The first-order valence-electron chi connectivity index (χ1n) is 11.0. The number of piperazine rings is 1. The molecule has 1 aromatic carbocycles. The Hall–Kier alpha value is -1.88. The lowest BCUT2D eigenvalue weighted by molar-refractivity contribution is -0.158. The van der Waals surface area contributed by atoms with Gasteiger partial charge in [0, 0.05) is 23.9 Å². The highest BCUT2D eigenvalue weighted by atomic mass is 32.2. The van der Waals surface area contributed by atoms with Gasteiger partial charge in [-0.1, -0.05) is 43.2 Å². The molecule has 0 bridgehead atoms. The summed E-state index contributed by atoms with van der Waals surface area (Å²) in [7, 11) is -3.43. The average molecular weight is 431 g/mol. The number of aliphatic hydroxyl groups is 1. The van der Waals surface area contributed by atoms with Crippen LogP contribution in [0.4, 0.5) is 0 Å². The number of carbonyl (C=O) groups excluding carboxylic acids is 1. The van der Waals surface area contributed by atoms with Crippen LogP contribution in [0.15, 0.2) is 24.3 Å². The lowest BCUT2D eigenvalue weighted by Crippen LogP contribution is -2.73. The lowest BCUT2D eigenvalue weighted by atomic mass is 9.74. The van der Waals surface area contributed by atoms with E-state index in [2.05, 4.69) is 11.8 Å². The molecule has 6 nitrogen and oxygen atoms in total. The number of nitrogens with zero attached hydrogens (tertiary/aromatic N) is 2. The average Bonchev–Trinajstić information content (AvgIpc) is 2.75. The van der Waals surface area contributed by atoms with Crippen molar-refractivity contribution < 1.29 is 18.3 Å². The Balaban J connectivity index is 1.51. The number of benzene rings is 1. The molecule has 7 heteroatoms. The second-order valence-corrected chi connectivity index (χ2v) is 10.8. The minimum Gasteiger partial charge on any atom is -0.394 e. The highest BCUT2D eigenvalue weighted by molar-refractivity contribution is 7.89. The van der Waals surface area contributed by atoms with Crippen LogP contribution in [0.25, 0.3) is 0 Å². The zero-order chi connectivity index (χ0) is 21.3. The topological polar surface area (TPSA) is 77.9 Å². The smallest absolute Gasteiger partial charge is 0.238 e. The molecule has 3 fully saturated rings. The molecule has 0 spiro atoms. The minimum atomic E-state index is -3.43. The minimum absolute atomic E-state index is 0.0184. The van der Waals surface area contributed by atoms with Gasteiger partial charge >= 0.3 is 0 Å². The number of fused-ring (bicyclic) bond motifs is 1. The fourth-order valence-corrected chi connectivity index (χ4v) is 6.14. The Morgan fingerprint density at radius 3 is 2.47 bits per heavy atom. The fourth-order valence-electron chi connectivity index (χ4n) is 5.09. The number of hydrogen-bond acceptors (Lipinski definition) is 4. The van der Waals surface area contributed by atoms with Crippen molar-refractivity contribution in [2.45, 2.75) is 57.0 Å². The molecule has 2 heterocycles. The maximum Gasteiger partial charge on any atom is 0.238 e. The van der Waals surface area contributed by atoms with Crippen molar-refractivity contribution in [3.05, 3.63) is 35.4 Å². The van der Waals surface area contributed by atoms with Gasteiger partial charge in [-0.05, 0) is 37.5 Å². The van der Waals surface area contributed by atoms with Crippen molar-refractivity contribution in [2.24, 2.45) is 5.92 Å². The van der Waals surface area contributed by atoms with Crippen molar-refractivity contribution in [1.82, 2.24) is 9.21 Å². The van der Waals surface area contributed by atoms with Gasteiger partial charge in [0.15, 0.2) is 0 Å². The van der Waals surface area contributed by atoms with Gasteiger partial charge < -0.3 is 10.0 Å². The normalized spacial score (nSPS) is 27.7. The van der Waals surface area contributed by atoms with Crippen molar-refractivity contribution in [3.63, 3.8) is 0 Å². The van der Waals surface area contributed by atoms with Gasteiger partial charge in [0.2, 0.25) is 15.9 Å². The van der Waals surface area contributed by atoms with E-state index in [4.69, 9.17) is 0 Å². The van der Waals surface area contributed by atoms with E-state index in [1.807, 2.05) is 24.3 Å². The molecule has 1 aliphatic carbocycles. The van der Waals surface area contributed by atoms with Gasteiger partial charge in [-0.25, -0.2) is 8.42 Å². The van der Waals surface area contributed by atoms with E-state index >= 15 is 0 Å². The predicted molar refractivity (Wildman–Crippen MR) is 115 cm³/mol. The predicted octanol–water partition coefficient (Wildman–Crippen LogP) is 1.94. The number of sulfonamides is 1. The molecule has 162 valence electrons.